The molecule has 0 saturated heterocycles. The number of aryl methyl sites for hydroxylation is 1. The van der Waals surface area contributed by atoms with Gasteiger partial charge in [0.25, 0.3) is 11.8 Å². The van der Waals surface area contributed by atoms with Crippen molar-refractivity contribution >= 4 is 34.0 Å². The number of amides is 2. The van der Waals surface area contributed by atoms with Gasteiger partial charge in [-0.05, 0) is 48.2 Å². The first-order chi connectivity index (χ1) is 18.5. The van der Waals surface area contributed by atoms with Gasteiger partial charge in [-0.1, -0.05) is 12.1 Å². The zero-order valence-corrected chi connectivity index (χ0v) is 21.3. The van der Waals surface area contributed by atoms with E-state index in [9.17, 15) is 9.59 Å². The maximum atomic E-state index is 15.4. The lowest BCUT2D eigenvalue weighted by atomic mass is 9.99. The molecule has 194 valence electrons. The van der Waals surface area contributed by atoms with Crippen molar-refractivity contribution < 1.29 is 14.0 Å². The molecule has 0 fully saturated rings. The van der Waals surface area contributed by atoms with Crippen LogP contribution >= 0.6 is 11.3 Å². The van der Waals surface area contributed by atoms with Gasteiger partial charge in [0.15, 0.2) is 11.2 Å². The smallest absolute Gasteiger partial charge is 0.255 e. The first-order valence-electron chi connectivity index (χ1n) is 12.5. The molecular weight excluding hydrogens is 505 g/mol. The number of benzene rings is 2. The number of carbonyl (C=O) groups excluding carboxylic acids is 2. The van der Waals surface area contributed by atoms with Crippen molar-refractivity contribution in [1.82, 2.24) is 19.4 Å². The Hall–Kier alpha value is -4.09. The fourth-order valence-corrected chi connectivity index (χ4v) is 5.69. The van der Waals surface area contributed by atoms with Crippen LogP contribution in [-0.4, -0.2) is 44.3 Å². The molecule has 1 unspecified atom stereocenters. The average molecular weight is 532 g/mol. The summed E-state index contributed by atoms with van der Waals surface area (Å²) in [7, 11) is 0. The van der Waals surface area contributed by atoms with E-state index in [2.05, 4.69) is 20.6 Å². The van der Waals surface area contributed by atoms with Crippen LogP contribution in [0.3, 0.4) is 0 Å². The van der Waals surface area contributed by atoms with Gasteiger partial charge in [-0.15, -0.1) is 11.3 Å². The van der Waals surface area contributed by atoms with Crippen LogP contribution < -0.4 is 16.4 Å². The van der Waals surface area contributed by atoms with E-state index in [4.69, 9.17) is 5.73 Å². The SMILES string of the molecule is NCCNc1ccc(-c2cc(F)c3c(c2)C(=O)N(C(C(=O)Nc2nccs2)c2ncn4c2CCC4)C3)cc1. The first-order valence-corrected chi connectivity index (χ1v) is 13.3. The molecule has 2 aliphatic rings. The van der Waals surface area contributed by atoms with E-state index in [0.29, 0.717) is 29.5 Å². The number of halogens is 1. The third-order valence-electron chi connectivity index (χ3n) is 6.98. The Bertz CT molecular complexity index is 1500. The fraction of sp³-hybridized carbons (Fsp3) is 0.259. The molecule has 4 aromatic rings. The molecule has 0 aliphatic carbocycles. The molecule has 11 heteroatoms. The number of hydrogen-bond donors (Lipinski definition) is 3. The summed E-state index contributed by atoms with van der Waals surface area (Å²) >= 11 is 1.29. The van der Waals surface area contributed by atoms with E-state index in [-0.39, 0.29) is 17.7 Å². The molecule has 6 rings (SSSR count). The second-order valence-corrected chi connectivity index (χ2v) is 10.2. The quantitative estimate of drug-likeness (QED) is 0.318. The van der Waals surface area contributed by atoms with Gasteiger partial charge in [0, 0.05) is 53.7 Å². The number of aromatic nitrogens is 3. The molecule has 0 saturated carbocycles. The van der Waals surface area contributed by atoms with Gasteiger partial charge in [0.1, 0.15) is 5.82 Å². The summed E-state index contributed by atoms with van der Waals surface area (Å²) in [4.78, 5) is 37.4. The van der Waals surface area contributed by atoms with Crippen LogP contribution in [0.5, 0.6) is 0 Å². The predicted molar refractivity (Wildman–Crippen MR) is 143 cm³/mol. The minimum Gasteiger partial charge on any atom is -0.384 e. The lowest BCUT2D eigenvalue weighted by molar-refractivity contribution is -0.121. The van der Waals surface area contributed by atoms with Crippen molar-refractivity contribution in [2.75, 3.05) is 23.7 Å². The second-order valence-electron chi connectivity index (χ2n) is 9.31. The Kier molecular flexibility index (Phi) is 6.38. The van der Waals surface area contributed by atoms with Crippen molar-refractivity contribution in [2.24, 2.45) is 5.73 Å². The van der Waals surface area contributed by atoms with E-state index in [0.717, 1.165) is 36.3 Å². The van der Waals surface area contributed by atoms with Crippen molar-refractivity contribution in [2.45, 2.75) is 32.0 Å². The summed E-state index contributed by atoms with van der Waals surface area (Å²) in [5, 5.41) is 8.20. The summed E-state index contributed by atoms with van der Waals surface area (Å²) in [6.45, 7) is 1.95. The predicted octanol–water partition coefficient (Wildman–Crippen LogP) is 3.80. The van der Waals surface area contributed by atoms with E-state index >= 15 is 4.39 Å². The monoisotopic (exact) mass is 531 g/mol. The lowest BCUT2D eigenvalue weighted by Gasteiger charge is -2.26. The zero-order chi connectivity index (χ0) is 26.2. The number of nitrogens with zero attached hydrogens (tertiary/aromatic N) is 4. The van der Waals surface area contributed by atoms with Crippen molar-refractivity contribution in [1.29, 1.82) is 0 Å². The van der Waals surface area contributed by atoms with E-state index in [1.165, 1.54) is 22.3 Å². The third-order valence-corrected chi connectivity index (χ3v) is 7.67. The Morgan fingerprint density at radius 1 is 1.18 bits per heavy atom. The van der Waals surface area contributed by atoms with Crippen molar-refractivity contribution in [3.05, 3.63) is 82.6 Å². The Labute approximate surface area is 222 Å². The molecule has 1 atom stereocenters. The van der Waals surface area contributed by atoms with Gasteiger partial charge in [-0.25, -0.2) is 14.4 Å². The highest BCUT2D eigenvalue weighted by molar-refractivity contribution is 7.13. The minimum atomic E-state index is -1.01. The minimum absolute atomic E-state index is 0.0233. The third kappa shape index (κ3) is 4.33. The van der Waals surface area contributed by atoms with E-state index in [1.54, 1.807) is 24.0 Å². The number of nitrogens with one attached hydrogen (secondary N) is 2. The van der Waals surface area contributed by atoms with Crippen LogP contribution in [0.2, 0.25) is 0 Å². The maximum absolute atomic E-state index is 15.4. The summed E-state index contributed by atoms with van der Waals surface area (Å²) in [6, 6.07) is 9.66. The largest absolute Gasteiger partial charge is 0.384 e. The Morgan fingerprint density at radius 3 is 2.79 bits per heavy atom. The molecule has 2 aromatic heterocycles. The second kappa shape index (κ2) is 9.99. The van der Waals surface area contributed by atoms with Gasteiger partial charge >= 0.3 is 0 Å². The number of hydrogen-bond acceptors (Lipinski definition) is 7. The molecule has 0 bridgehead atoms. The summed E-state index contributed by atoms with van der Waals surface area (Å²) in [5.74, 6) is -1.30. The Balaban J connectivity index is 1.34. The van der Waals surface area contributed by atoms with Crippen LogP contribution in [0.4, 0.5) is 15.2 Å². The normalized spacial score (nSPS) is 14.9. The Morgan fingerprint density at radius 2 is 2.03 bits per heavy atom. The molecule has 2 aliphatic heterocycles. The molecule has 9 nitrogen and oxygen atoms in total. The summed E-state index contributed by atoms with van der Waals surface area (Å²) in [5.41, 5.74) is 9.82. The van der Waals surface area contributed by atoms with Gasteiger partial charge in [0.2, 0.25) is 0 Å². The molecule has 0 radical (unpaired) electrons. The topological polar surface area (TPSA) is 118 Å². The molecule has 0 spiro atoms. The standard InChI is InChI=1S/C27H26FN7O2S/c28-21-13-17(16-3-5-18(6-4-16)30-8-7-29)12-19-20(21)14-35(26(19)37)24(25(36)33-27-31-9-11-38-27)23-22-2-1-10-34(22)15-32-23/h3-6,9,11-13,15,24,30H,1-2,7-8,10,14,29H2,(H,31,33,36). The van der Waals surface area contributed by atoms with Gasteiger partial charge in [-0.2, -0.15) is 0 Å². The van der Waals surface area contributed by atoms with Crippen LogP contribution in [-0.2, 0) is 24.3 Å². The average Bonchev–Trinajstić information content (AvgIpc) is 3.71. The summed E-state index contributed by atoms with van der Waals surface area (Å²) in [6.07, 6.45) is 5.01. The number of anilines is 2. The van der Waals surface area contributed by atoms with Gasteiger partial charge in [-0.3, -0.25) is 14.9 Å². The number of nitrogens with two attached hydrogens (primary N) is 1. The highest BCUT2D eigenvalue weighted by atomic mass is 32.1. The molecule has 38 heavy (non-hydrogen) atoms. The number of fused-ring (bicyclic) bond motifs is 2. The van der Waals surface area contributed by atoms with Crippen molar-refractivity contribution in [3.8, 4) is 11.1 Å². The van der Waals surface area contributed by atoms with Crippen LogP contribution in [0.25, 0.3) is 11.1 Å². The molecule has 2 aromatic carbocycles. The molecule has 4 N–H and O–H groups in total. The van der Waals surface area contributed by atoms with E-state index < -0.39 is 23.7 Å². The van der Waals surface area contributed by atoms with Gasteiger partial charge < -0.3 is 20.5 Å². The highest BCUT2D eigenvalue weighted by Crippen LogP contribution is 2.38. The number of carbonyl (C=O) groups is 2. The van der Waals surface area contributed by atoms with Gasteiger partial charge in [0.05, 0.1) is 18.6 Å². The van der Waals surface area contributed by atoms with Crippen molar-refractivity contribution in [3.63, 3.8) is 0 Å². The molecular formula is C27H26FN7O2S. The summed E-state index contributed by atoms with van der Waals surface area (Å²) < 4.78 is 17.4. The number of thiazole rings is 1. The maximum Gasteiger partial charge on any atom is 0.255 e. The van der Waals surface area contributed by atoms with Crippen LogP contribution in [0.1, 0.15) is 39.8 Å². The lowest BCUT2D eigenvalue weighted by Crippen LogP contribution is -2.38. The first kappa shape index (κ1) is 24.3. The fourth-order valence-electron chi connectivity index (χ4n) is 5.16. The highest BCUT2D eigenvalue weighted by Gasteiger charge is 2.42. The number of rotatable bonds is 8. The van der Waals surface area contributed by atoms with E-state index in [1.807, 2.05) is 28.8 Å². The van der Waals surface area contributed by atoms with Crippen LogP contribution in [0, 0.1) is 5.82 Å². The van der Waals surface area contributed by atoms with Crippen LogP contribution in [0.15, 0.2) is 54.3 Å². The number of imidazole rings is 1. The molecule has 4 heterocycles. The molecule has 2 amide bonds. The zero-order valence-electron chi connectivity index (χ0n) is 20.5.